The van der Waals surface area contributed by atoms with Gasteiger partial charge in [0, 0.05) is 0 Å². The fourth-order valence-electron chi connectivity index (χ4n) is 1.69. The molecule has 0 amide bonds. The zero-order chi connectivity index (χ0) is 11.0. The summed E-state index contributed by atoms with van der Waals surface area (Å²) >= 11 is -0.271. The van der Waals surface area contributed by atoms with E-state index in [1.165, 1.54) is 23.8 Å². The van der Waals surface area contributed by atoms with Crippen LogP contribution in [0.15, 0.2) is 48.5 Å². The molecule has 3 aromatic rings. The van der Waals surface area contributed by atoms with Gasteiger partial charge in [-0.2, -0.15) is 0 Å². The standard InChI is InChI=1S/C14H11NTe/c1-10-6-8-11(9-7-10)14-15-12-4-2-3-5-13(12)16-14/h2-9H,1H3. The van der Waals surface area contributed by atoms with Crippen LogP contribution in [0.3, 0.4) is 0 Å². The van der Waals surface area contributed by atoms with Gasteiger partial charge >= 0.3 is 105 Å². The molecule has 0 spiro atoms. The third kappa shape index (κ3) is 1.80. The van der Waals surface area contributed by atoms with Gasteiger partial charge in [-0.05, 0) is 0 Å². The van der Waals surface area contributed by atoms with Gasteiger partial charge in [0.05, 0.1) is 0 Å². The normalized spacial score (nSPS) is 10.8. The van der Waals surface area contributed by atoms with Gasteiger partial charge in [0.2, 0.25) is 0 Å². The molecule has 0 aliphatic heterocycles. The van der Waals surface area contributed by atoms with Crippen LogP contribution < -0.4 is 0 Å². The molecule has 0 saturated carbocycles. The van der Waals surface area contributed by atoms with Crippen LogP contribution in [0.5, 0.6) is 0 Å². The van der Waals surface area contributed by atoms with Gasteiger partial charge in [-0.25, -0.2) is 0 Å². The van der Waals surface area contributed by atoms with Gasteiger partial charge in [0.25, 0.3) is 0 Å². The van der Waals surface area contributed by atoms with Crippen LogP contribution in [-0.2, 0) is 0 Å². The fourth-order valence-corrected chi connectivity index (χ4v) is 4.46. The molecule has 1 heterocycles. The van der Waals surface area contributed by atoms with Crippen molar-refractivity contribution in [1.29, 1.82) is 0 Å². The van der Waals surface area contributed by atoms with Crippen LogP contribution in [0.1, 0.15) is 5.56 Å². The molecule has 1 aromatic heterocycles. The first-order valence-electron chi connectivity index (χ1n) is 5.25. The second-order valence-corrected chi connectivity index (χ2v) is 6.79. The number of para-hydroxylation sites is 1. The number of hydrogen-bond donors (Lipinski definition) is 0. The van der Waals surface area contributed by atoms with Crippen molar-refractivity contribution in [2.45, 2.75) is 6.92 Å². The van der Waals surface area contributed by atoms with E-state index in [0.717, 1.165) is 0 Å². The van der Waals surface area contributed by atoms with E-state index in [9.17, 15) is 0 Å². The number of aromatic nitrogens is 1. The molecule has 0 aliphatic carbocycles. The Morgan fingerprint density at radius 1 is 0.938 bits per heavy atom. The maximum atomic E-state index is 4.73. The Bertz CT molecular complexity index is 590. The molecule has 1 nitrogen and oxygen atoms in total. The summed E-state index contributed by atoms with van der Waals surface area (Å²) in [5.74, 6) is 0. The van der Waals surface area contributed by atoms with Crippen molar-refractivity contribution < 1.29 is 0 Å². The summed E-state index contributed by atoms with van der Waals surface area (Å²) in [7, 11) is 0. The van der Waals surface area contributed by atoms with Gasteiger partial charge < -0.3 is 0 Å². The van der Waals surface area contributed by atoms with Crippen molar-refractivity contribution >= 4 is 29.3 Å². The Morgan fingerprint density at radius 2 is 1.69 bits per heavy atom. The summed E-state index contributed by atoms with van der Waals surface area (Å²) in [6, 6.07) is 17.2. The van der Waals surface area contributed by atoms with Gasteiger partial charge in [0.15, 0.2) is 0 Å². The molecule has 0 radical (unpaired) electrons. The number of fused-ring (bicyclic) bond motifs is 1. The van der Waals surface area contributed by atoms with Crippen LogP contribution in [0.4, 0.5) is 0 Å². The van der Waals surface area contributed by atoms with Gasteiger partial charge in [-0.3, -0.25) is 0 Å². The van der Waals surface area contributed by atoms with E-state index in [1.807, 2.05) is 0 Å². The van der Waals surface area contributed by atoms with Crippen molar-refractivity contribution in [2.24, 2.45) is 0 Å². The molecule has 2 heteroatoms. The second-order valence-electron chi connectivity index (χ2n) is 3.85. The molecular weight excluding hydrogens is 310 g/mol. The van der Waals surface area contributed by atoms with E-state index >= 15 is 0 Å². The van der Waals surface area contributed by atoms with Crippen molar-refractivity contribution in [3.05, 3.63) is 54.1 Å². The molecule has 16 heavy (non-hydrogen) atoms. The molecule has 78 valence electrons. The van der Waals surface area contributed by atoms with E-state index in [4.69, 9.17) is 4.98 Å². The Balaban J connectivity index is 2.15. The minimum atomic E-state index is -0.271. The molecule has 3 rings (SSSR count). The number of aryl methyl sites for hydroxylation is 1. The Hall–Kier alpha value is -1.10. The molecular formula is C14H11NTe. The quantitative estimate of drug-likeness (QED) is 0.627. The van der Waals surface area contributed by atoms with E-state index in [0.29, 0.717) is 0 Å². The van der Waals surface area contributed by atoms with Crippen molar-refractivity contribution in [3.63, 3.8) is 0 Å². The van der Waals surface area contributed by atoms with Crippen LogP contribution >= 0.6 is 0 Å². The third-order valence-electron chi connectivity index (χ3n) is 2.59. The summed E-state index contributed by atoms with van der Waals surface area (Å²) in [5.41, 5.74) is 3.78. The molecule has 0 bridgehead atoms. The molecule has 0 N–H and O–H groups in total. The zero-order valence-electron chi connectivity index (χ0n) is 8.97. The number of hydrogen-bond acceptors (Lipinski definition) is 1. The molecule has 2 aromatic carbocycles. The molecule has 0 fully saturated rings. The van der Waals surface area contributed by atoms with Crippen LogP contribution in [0, 0.1) is 6.92 Å². The third-order valence-corrected chi connectivity index (χ3v) is 5.69. The monoisotopic (exact) mass is 323 g/mol. The van der Waals surface area contributed by atoms with Crippen LogP contribution in [0.25, 0.3) is 18.2 Å². The van der Waals surface area contributed by atoms with Crippen LogP contribution in [0.2, 0.25) is 0 Å². The van der Waals surface area contributed by atoms with Gasteiger partial charge in [0.1, 0.15) is 0 Å². The van der Waals surface area contributed by atoms with Crippen molar-refractivity contribution in [2.75, 3.05) is 0 Å². The Kier molecular flexibility index (Phi) is 2.55. The maximum absolute atomic E-state index is 4.73. The number of nitrogens with zero attached hydrogens (tertiary/aromatic N) is 1. The molecule has 0 saturated heterocycles. The number of rotatable bonds is 1. The zero-order valence-corrected chi connectivity index (χ0v) is 11.3. The summed E-state index contributed by atoms with van der Waals surface area (Å²) in [5, 5.41) is 0. The first-order chi connectivity index (χ1) is 7.83. The Morgan fingerprint density at radius 3 is 2.44 bits per heavy atom. The SMILES string of the molecule is Cc1ccc(-c2nc3ccccc3[te]2)cc1. The van der Waals surface area contributed by atoms with Gasteiger partial charge in [-0.1, -0.05) is 0 Å². The van der Waals surface area contributed by atoms with E-state index in [2.05, 4.69) is 55.5 Å². The average Bonchev–Trinajstić information content (AvgIpc) is 2.73. The van der Waals surface area contributed by atoms with E-state index in [-0.39, 0.29) is 20.4 Å². The predicted octanol–water partition coefficient (Wildman–Crippen LogP) is 3.27. The van der Waals surface area contributed by atoms with Crippen molar-refractivity contribution in [3.8, 4) is 9.27 Å². The summed E-state index contributed by atoms with van der Waals surface area (Å²) in [6.45, 7) is 2.12. The minimum absolute atomic E-state index is 0.271. The summed E-state index contributed by atoms with van der Waals surface area (Å²) in [4.78, 5) is 4.73. The Labute approximate surface area is 104 Å². The average molecular weight is 321 g/mol. The molecule has 0 unspecified atom stereocenters. The van der Waals surface area contributed by atoms with Gasteiger partial charge in [-0.15, -0.1) is 0 Å². The summed E-state index contributed by atoms with van der Waals surface area (Å²) < 4.78 is 2.77. The fraction of sp³-hybridized carbons (Fsp3) is 0.0714. The first kappa shape index (κ1) is 10.1. The first-order valence-corrected chi connectivity index (χ1v) is 7.58. The van der Waals surface area contributed by atoms with E-state index < -0.39 is 0 Å². The molecule has 0 aliphatic rings. The second kappa shape index (κ2) is 4.05. The summed E-state index contributed by atoms with van der Waals surface area (Å²) in [6.07, 6.45) is 0. The van der Waals surface area contributed by atoms with Crippen molar-refractivity contribution in [1.82, 2.24) is 4.98 Å². The van der Waals surface area contributed by atoms with Crippen LogP contribution in [-0.4, -0.2) is 25.4 Å². The number of benzene rings is 2. The molecule has 0 atom stereocenters. The topological polar surface area (TPSA) is 12.9 Å². The predicted molar refractivity (Wildman–Crippen MR) is 68.9 cm³/mol. The van der Waals surface area contributed by atoms with E-state index in [1.54, 1.807) is 0 Å².